The summed E-state index contributed by atoms with van der Waals surface area (Å²) in [5.41, 5.74) is -0.951. The van der Waals surface area contributed by atoms with Gasteiger partial charge in [-0.3, -0.25) is 0 Å². The fraction of sp³-hybridized carbons (Fsp3) is 0.618. The minimum Gasteiger partial charge on any atom is -0.465 e. The van der Waals surface area contributed by atoms with Crippen molar-refractivity contribution in [2.45, 2.75) is 84.5 Å². The van der Waals surface area contributed by atoms with Crippen molar-refractivity contribution in [1.82, 2.24) is 9.80 Å². The van der Waals surface area contributed by atoms with Crippen molar-refractivity contribution in [2.75, 3.05) is 40.4 Å². The fourth-order valence-electron chi connectivity index (χ4n) is 4.72. The Morgan fingerprint density at radius 2 is 1.27 bits per heavy atom. The number of aliphatic hydroxyl groups excluding tert-OH is 1. The van der Waals surface area contributed by atoms with Gasteiger partial charge >= 0.3 is 24.1 Å². The van der Waals surface area contributed by atoms with Crippen LogP contribution in [-0.2, 0) is 23.7 Å². The van der Waals surface area contributed by atoms with Gasteiger partial charge in [-0.15, -0.1) is 22.7 Å². The number of rotatable bonds is 5. The van der Waals surface area contributed by atoms with E-state index in [1.165, 1.54) is 36.9 Å². The van der Waals surface area contributed by atoms with Gasteiger partial charge in [0, 0.05) is 37.0 Å². The summed E-state index contributed by atoms with van der Waals surface area (Å²) in [4.78, 5) is 61.6. The normalized spacial score (nSPS) is 16.3. The third-order valence-corrected chi connectivity index (χ3v) is 9.22. The summed E-state index contributed by atoms with van der Waals surface area (Å²) in [5.74, 6) is -0.472. The van der Waals surface area contributed by atoms with Crippen LogP contribution in [0.5, 0.6) is 0 Å². The summed E-state index contributed by atoms with van der Waals surface area (Å²) in [6.07, 6.45) is 2.68. The van der Waals surface area contributed by atoms with E-state index in [0.29, 0.717) is 48.8 Å². The van der Waals surface area contributed by atoms with E-state index < -0.39 is 23.3 Å². The van der Waals surface area contributed by atoms with E-state index in [0.717, 1.165) is 24.0 Å². The number of aliphatic hydroxyl groups is 1. The molecule has 2 aliphatic rings. The molecule has 2 saturated heterocycles. The van der Waals surface area contributed by atoms with Gasteiger partial charge in [-0.25, -0.2) is 19.2 Å². The molecule has 1 unspecified atom stereocenters. The molecule has 0 aromatic carbocycles. The molecule has 12 nitrogen and oxygen atoms in total. The monoisotopic (exact) mass is 710 g/mol. The van der Waals surface area contributed by atoms with Crippen LogP contribution in [0.2, 0.25) is 0 Å². The Morgan fingerprint density at radius 3 is 1.69 bits per heavy atom. The van der Waals surface area contributed by atoms with Crippen LogP contribution in [0.1, 0.15) is 97.6 Å². The summed E-state index contributed by atoms with van der Waals surface area (Å²) >= 11 is 2.63. The Balaban J connectivity index is 0.000000282. The lowest BCUT2D eigenvalue weighted by molar-refractivity contribution is -0.112. The number of methoxy groups -OCH3 is 2. The SMILES string of the molecule is CC(C)(C)OC(=O)N1CCC(C=O)CC1.COC(=O)c1ccc(C(O)C2CCN(C(=O)OC(C)(C)C)CC2)s1.COC(=O)c1cccs1. The highest BCUT2D eigenvalue weighted by Gasteiger charge is 2.31. The number of carbonyl (C=O) groups is 5. The van der Waals surface area contributed by atoms with Gasteiger partial charge in [-0.2, -0.15) is 0 Å². The molecule has 1 N–H and O–H groups in total. The standard InChI is InChI=1S/C17H25NO5S.C11H19NO3.C6H6O2S/c1-17(2,3)23-16(21)18-9-7-11(8-10-18)14(19)12-5-6-13(24-12)15(20)22-4;1-11(2,3)15-10(14)12-6-4-9(8-13)5-7-12;1-8-6(7)5-3-2-4-9-5/h5-6,11,14,19H,7-10H2,1-4H3;8-9H,4-7H2,1-3H3;2-4H,1H3. The molecule has 2 aromatic heterocycles. The van der Waals surface area contributed by atoms with E-state index >= 15 is 0 Å². The number of hydrogen-bond acceptors (Lipinski definition) is 12. The summed E-state index contributed by atoms with van der Waals surface area (Å²) in [7, 11) is 2.71. The Bertz CT molecular complexity index is 1310. The number of aldehydes is 1. The zero-order valence-corrected chi connectivity index (χ0v) is 30.8. The number of carbonyl (C=O) groups excluding carboxylic acids is 5. The van der Waals surface area contributed by atoms with Gasteiger partial charge in [0.15, 0.2) is 0 Å². The van der Waals surface area contributed by atoms with Crippen molar-refractivity contribution in [1.29, 1.82) is 0 Å². The molecule has 268 valence electrons. The van der Waals surface area contributed by atoms with Crippen molar-refractivity contribution in [3.63, 3.8) is 0 Å². The van der Waals surface area contributed by atoms with E-state index in [-0.39, 0.29) is 30.0 Å². The smallest absolute Gasteiger partial charge is 0.410 e. The topological polar surface area (TPSA) is 149 Å². The van der Waals surface area contributed by atoms with Gasteiger partial charge in [-0.1, -0.05) is 6.07 Å². The Morgan fingerprint density at radius 1 is 0.792 bits per heavy atom. The average molecular weight is 711 g/mol. The van der Waals surface area contributed by atoms with E-state index in [1.54, 1.807) is 28.0 Å². The number of piperidine rings is 2. The highest BCUT2D eigenvalue weighted by atomic mass is 32.1. The minimum absolute atomic E-state index is 0.0628. The second-order valence-corrected chi connectivity index (χ2v) is 15.4. The number of amides is 2. The summed E-state index contributed by atoms with van der Waals surface area (Å²) in [6.45, 7) is 13.5. The largest absolute Gasteiger partial charge is 0.465 e. The number of esters is 2. The number of ether oxygens (including phenoxy) is 4. The summed E-state index contributed by atoms with van der Waals surface area (Å²) < 4.78 is 19.8. The van der Waals surface area contributed by atoms with Gasteiger partial charge in [0.2, 0.25) is 0 Å². The maximum atomic E-state index is 12.1. The van der Waals surface area contributed by atoms with Crippen molar-refractivity contribution in [3.05, 3.63) is 44.3 Å². The lowest BCUT2D eigenvalue weighted by Gasteiger charge is -2.35. The molecule has 14 heteroatoms. The molecule has 0 radical (unpaired) electrons. The summed E-state index contributed by atoms with van der Waals surface area (Å²) in [6, 6.07) is 6.99. The molecule has 2 amide bonds. The molecule has 48 heavy (non-hydrogen) atoms. The number of thiophene rings is 2. The van der Waals surface area contributed by atoms with E-state index in [4.69, 9.17) is 9.47 Å². The number of hydrogen-bond donors (Lipinski definition) is 1. The van der Waals surface area contributed by atoms with Crippen molar-refractivity contribution >= 4 is 53.1 Å². The molecule has 4 rings (SSSR count). The molecular weight excluding hydrogens is 661 g/mol. The van der Waals surface area contributed by atoms with Crippen LogP contribution in [0.15, 0.2) is 29.6 Å². The quantitative estimate of drug-likeness (QED) is 0.205. The Kier molecular flexibility index (Phi) is 16.0. The van der Waals surface area contributed by atoms with Crippen molar-refractivity contribution in [2.24, 2.45) is 11.8 Å². The van der Waals surface area contributed by atoms with Gasteiger partial charge in [0.1, 0.15) is 27.2 Å². The zero-order valence-electron chi connectivity index (χ0n) is 29.2. The van der Waals surface area contributed by atoms with Gasteiger partial charge < -0.3 is 38.6 Å². The maximum Gasteiger partial charge on any atom is 0.410 e. The molecule has 2 aromatic rings. The van der Waals surface area contributed by atoms with Crippen LogP contribution in [0.4, 0.5) is 9.59 Å². The van der Waals surface area contributed by atoms with Crippen LogP contribution in [0, 0.1) is 11.8 Å². The van der Waals surface area contributed by atoms with Crippen molar-refractivity contribution < 1.29 is 48.0 Å². The molecule has 1 atom stereocenters. The first-order valence-corrected chi connectivity index (χ1v) is 17.6. The number of likely N-dealkylation sites (tertiary alicyclic amines) is 2. The van der Waals surface area contributed by atoms with Crippen LogP contribution >= 0.6 is 22.7 Å². The average Bonchev–Trinajstić information content (AvgIpc) is 3.76. The van der Waals surface area contributed by atoms with Crippen LogP contribution in [-0.4, -0.2) is 96.9 Å². The molecule has 0 saturated carbocycles. The fourth-order valence-corrected chi connectivity index (χ4v) is 6.36. The third-order valence-electron chi connectivity index (χ3n) is 7.23. The van der Waals surface area contributed by atoms with Crippen molar-refractivity contribution in [3.8, 4) is 0 Å². The molecule has 0 aliphatic carbocycles. The second-order valence-electron chi connectivity index (χ2n) is 13.4. The van der Waals surface area contributed by atoms with Gasteiger partial charge in [0.25, 0.3) is 0 Å². The second kappa shape index (κ2) is 18.9. The molecule has 2 fully saturated rings. The molecule has 4 heterocycles. The predicted octanol–water partition coefficient (Wildman–Crippen LogP) is 6.58. The van der Waals surface area contributed by atoms with E-state index in [9.17, 15) is 29.1 Å². The lowest BCUT2D eigenvalue weighted by Crippen LogP contribution is -2.42. The minimum atomic E-state index is -0.630. The van der Waals surface area contributed by atoms with Gasteiger partial charge in [0.05, 0.1) is 20.3 Å². The van der Waals surface area contributed by atoms with Crippen LogP contribution in [0.25, 0.3) is 0 Å². The van der Waals surface area contributed by atoms with E-state index in [2.05, 4.69) is 9.47 Å². The molecular formula is C34H50N2O10S2. The summed E-state index contributed by atoms with van der Waals surface area (Å²) in [5, 5.41) is 12.4. The first-order valence-electron chi connectivity index (χ1n) is 15.9. The Labute approximate surface area is 291 Å². The molecule has 0 bridgehead atoms. The number of nitrogens with zero attached hydrogens (tertiary/aromatic N) is 2. The van der Waals surface area contributed by atoms with Crippen LogP contribution in [0.3, 0.4) is 0 Å². The lowest BCUT2D eigenvalue weighted by atomic mass is 9.90. The predicted molar refractivity (Wildman–Crippen MR) is 183 cm³/mol. The molecule has 0 spiro atoms. The molecule has 2 aliphatic heterocycles. The maximum absolute atomic E-state index is 12.1. The third kappa shape index (κ3) is 13.9. The highest BCUT2D eigenvalue weighted by molar-refractivity contribution is 7.14. The highest BCUT2D eigenvalue weighted by Crippen LogP contribution is 2.35. The zero-order chi connectivity index (χ0) is 36.1. The van der Waals surface area contributed by atoms with Gasteiger partial charge in [-0.05, 0) is 96.7 Å². The Hall–Kier alpha value is -3.49. The van der Waals surface area contributed by atoms with Crippen LogP contribution < -0.4 is 0 Å². The van der Waals surface area contributed by atoms with E-state index in [1.807, 2.05) is 53.0 Å². The first kappa shape index (κ1) is 40.7. The first-order chi connectivity index (χ1) is 22.5.